The highest BCUT2D eigenvalue weighted by molar-refractivity contribution is 9.10. The van der Waals surface area contributed by atoms with Crippen LogP contribution in [-0.2, 0) is 4.79 Å². The minimum absolute atomic E-state index is 0.0446. The summed E-state index contributed by atoms with van der Waals surface area (Å²) >= 11 is 3.33. The van der Waals surface area contributed by atoms with E-state index in [4.69, 9.17) is 9.47 Å². The van der Waals surface area contributed by atoms with Gasteiger partial charge < -0.3 is 19.7 Å². The Hall–Kier alpha value is -5.29. The molecular formula is C33H28BrFN4O5. The van der Waals surface area contributed by atoms with Gasteiger partial charge in [-0.15, -0.1) is 0 Å². The van der Waals surface area contributed by atoms with Crippen molar-refractivity contribution >= 4 is 51.7 Å². The van der Waals surface area contributed by atoms with Gasteiger partial charge in [-0.3, -0.25) is 9.59 Å². The first-order chi connectivity index (χ1) is 21.1. The molecule has 11 heteroatoms. The van der Waals surface area contributed by atoms with Crippen molar-refractivity contribution in [3.63, 3.8) is 0 Å². The third-order valence-electron chi connectivity index (χ3n) is 6.15. The van der Waals surface area contributed by atoms with Crippen LogP contribution >= 0.6 is 15.9 Å². The minimum Gasteiger partial charge on any atom is -0.493 e. The van der Waals surface area contributed by atoms with Crippen LogP contribution in [-0.4, -0.2) is 45.2 Å². The quantitative estimate of drug-likeness (QED) is 0.0733. The second kappa shape index (κ2) is 14.7. The van der Waals surface area contributed by atoms with Crippen LogP contribution in [0.3, 0.4) is 0 Å². The number of nitrogens with one attached hydrogen (secondary N) is 2. The number of carbonyl (C=O) groups excluding carboxylic acids is 3. The van der Waals surface area contributed by atoms with Crippen molar-refractivity contribution in [3.05, 3.63) is 129 Å². The summed E-state index contributed by atoms with van der Waals surface area (Å²) < 4.78 is 25.4. The van der Waals surface area contributed by atoms with E-state index in [-0.39, 0.29) is 22.8 Å². The van der Waals surface area contributed by atoms with Crippen LogP contribution in [0.1, 0.15) is 31.8 Å². The minimum atomic E-state index is -0.713. The molecule has 0 aromatic heterocycles. The average molecular weight is 660 g/mol. The van der Waals surface area contributed by atoms with Gasteiger partial charge >= 0.3 is 5.97 Å². The number of anilines is 1. The zero-order valence-electron chi connectivity index (χ0n) is 24.0. The zero-order chi connectivity index (χ0) is 31.6. The molecule has 0 radical (unpaired) electrons. The molecule has 4 rings (SSSR count). The summed E-state index contributed by atoms with van der Waals surface area (Å²) in [6.07, 6.45) is 2.84. The van der Waals surface area contributed by atoms with Gasteiger partial charge in [0.1, 0.15) is 11.5 Å². The Labute approximate surface area is 262 Å². The first-order valence-electron chi connectivity index (χ1n) is 13.2. The van der Waals surface area contributed by atoms with Gasteiger partial charge in [0.15, 0.2) is 11.5 Å². The van der Waals surface area contributed by atoms with Crippen LogP contribution in [0.15, 0.2) is 106 Å². The second-order valence-electron chi connectivity index (χ2n) is 9.51. The van der Waals surface area contributed by atoms with E-state index in [2.05, 4.69) is 31.8 Å². The number of halogens is 2. The Morgan fingerprint density at radius 2 is 1.57 bits per heavy atom. The van der Waals surface area contributed by atoms with Crippen molar-refractivity contribution in [2.45, 2.75) is 0 Å². The Morgan fingerprint density at radius 1 is 0.864 bits per heavy atom. The van der Waals surface area contributed by atoms with Crippen LogP contribution in [0.4, 0.5) is 10.1 Å². The fourth-order valence-corrected chi connectivity index (χ4v) is 4.10. The van der Waals surface area contributed by atoms with Gasteiger partial charge in [0, 0.05) is 29.8 Å². The summed E-state index contributed by atoms with van der Waals surface area (Å²) in [5.74, 6) is -2.05. The van der Waals surface area contributed by atoms with Crippen LogP contribution in [0.5, 0.6) is 11.5 Å². The lowest BCUT2D eigenvalue weighted by molar-refractivity contribution is -0.117. The number of ether oxygens (including phenoxy) is 2. The lowest BCUT2D eigenvalue weighted by Gasteiger charge is -2.13. The molecule has 0 heterocycles. The van der Waals surface area contributed by atoms with E-state index < -0.39 is 23.6 Å². The van der Waals surface area contributed by atoms with Gasteiger partial charge in [-0.25, -0.2) is 14.6 Å². The molecule has 0 aliphatic rings. The monoisotopic (exact) mass is 658 g/mol. The number of nitrogens with zero attached hydrogens (tertiary/aromatic N) is 2. The molecule has 0 saturated carbocycles. The SMILES string of the molecule is COc1cc(/C=N/NC(=O)/C(=C/c2ccc(N(C)C)cc2)NC(=O)c2cccc(F)c2)ccc1OC(=O)c1ccc(Br)cc1. The molecule has 0 fully saturated rings. The van der Waals surface area contributed by atoms with Gasteiger partial charge in [0.25, 0.3) is 11.8 Å². The summed E-state index contributed by atoms with van der Waals surface area (Å²) in [5.41, 5.74) is 4.81. The Morgan fingerprint density at radius 3 is 2.23 bits per heavy atom. The summed E-state index contributed by atoms with van der Waals surface area (Å²) in [5, 5.41) is 6.55. The maximum absolute atomic E-state index is 13.7. The number of rotatable bonds is 10. The largest absolute Gasteiger partial charge is 0.493 e. The predicted octanol–water partition coefficient (Wildman–Crippen LogP) is 5.80. The maximum Gasteiger partial charge on any atom is 0.343 e. The highest BCUT2D eigenvalue weighted by atomic mass is 79.9. The van der Waals surface area contributed by atoms with E-state index in [1.54, 1.807) is 54.6 Å². The van der Waals surface area contributed by atoms with E-state index in [0.717, 1.165) is 16.2 Å². The molecule has 224 valence electrons. The molecule has 0 aliphatic heterocycles. The number of hydrazone groups is 1. The normalized spacial score (nSPS) is 11.2. The van der Waals surface area contributed by atoms with Crippen molar-refractivity contribution in [2.75, 3.05) is 26.1 Å². The molecular weight excluding hydrogens is 631 g/mol. The van der Waals surface area contributed by atoms with Crippen molar-refractivity contribution in [2.24, 2.45) is 5.10 Å². The van der Waals surface area contributed by atoms with Gasteiger partial charge in [-0.05, 0) is 90.0 Å². The number of methoxy groups -OCH3 is 1. The van der Waals surface area contributed by atoms with E-state index in [1.807, 2.05) is 31.1 Å². The fraction of sp³-hybridized carbons (Fsp3) is 0.0909. The zero-order valence-corrected chi connectivity index (χ0v) is 25.6. The molecule has 2 amide bonds. The molecule has 0 bridgehead atoms. The number of benzene rings is 4. The fourth-order valence-electron chi connectivity index (χ4n) is 3.84. The van der Waals surface area contributed by atoms with Crippen molar-refractivity contribution < 1.29 is 28.2 Å². The van der Waals surface area contributed by atoms with Crippen LogP contribution in [0.2, 0.25) is 0 Å². The first-order valence-corrected chi connectivity index (χ1v) is 14.0. The van der Waals surface area contributed by atoms with Crippen LogP contribution in [0.25, 0.3) is 6.08 Å². The third kappa shape index (κ3) is 8.62. The maximum atomic E-state index is 13.7. The summed E-state index contributed by atoms with van der Waals surface area (Å²) in [6, 6.07) is 23.9. The number of carbonyl (C=O) groups is 3. The molecule has 4 aromatic carbocycles. The first kappa shape index (κ1) is 31.6. The van der Waals surface area contributed by atoms with E-state index in [9.17, 15) is 18.8 Å². The molecule has 0 unspecified atom stereocenters. The molecule has 9 nitrogen and oxygen atoms in total. The van der Waals surface area contributed by atoms with E-state index in [1.165, 1.54) is 37.6 Å². The highest BCUT2D eigenvalue weighted by Gasteiger charge is 2.16. The number of hydrogen-bond donors (Lipinski definition) is 2. The molecule has 0 spiro atoms. The molecule has 0 aliphatic carbocycles. The lowest BCUT2D eigenvalue weighted by Crippen LogP contribution is -2.32. The third-order valence-corrected chi connectivity index (χ3v) is 6.68. The average Bonchev–Trinajstić information content (AvgIpc) is 3.01. The van der Waals surface area contributed by atoms with Gasteiger partial charge in [0.05, 0.1) is 18.9 Å². The predicted molar refractivity (Wildman–Crippen MR) is 170 cm³/mol. The molecule has 0 saturated heterocycles. The standard InChI is InChI=1S/C33H28BrFN4O5/c1-39(2)27-14-7-21(8-15-27)17-28(37-31(40)24-5-4-6-26(35)19-24)32(41)38-36-20-22-9-16-29(30(18-22)43-3)44-33(42)23-10-12-25(34)13-11-23/h4-20H,1-3H3,(H,37,40)(H,38,41)/b28-17-,36-20+. The highest BCUT2D eigenvalue weighted by Crippen LogP contribution is 2.28. The Bertz CT molecular complexity index is 1720. The Balaban J connectivity index is 1.50. The number of esters is 1. The Kier molecular flexibility index (Phi) is 10.6. The van der Waals surface area contributed by atoms with Crippen LogP contribution < -0.4 is 25.1 Å². The smallest absolute Gasteiger partial charge is 0.343 e. The molecule has 4 aromatic rings. The van der Waals surface area contributed by atoms with E-state index in [0.29, 0.717) is 16.7 Å². The molecule has 2 N–H and O–H groups in total. The molecule has 0 atom stereocenters. The lowest BCUT2D eigenvalue weighted by atomic mass is 10.1. The van der Waals surface area contributed by atoms with Gasteiger partial charge in [-0.2, -0.15) is 5.10 Å². The second-order valence-corrected chi connectivity index (χ2v) is 10.4. The summed E-state index contributed by atoms with van der Waals surface area (Å²) in [6.45, 7) is 0. The number of hydrogen-bond acceptors (Lipinski definition) is 7. The topological polar surface area (TPSA) is 109 Å². The van der Waals surface area contributed by atoms with Crippen molar-refractivity contribution in [1.29, 1.82) is 0 Å². The van der Waals surface area contributed by atoms with Crippen molar-refractivity contribution in [3.8, 4) is 11.5 Å². The summed E-state index contributed by atoms with van der Waals surface area (Å²) in [4.78, 5) is 40.4. The van der Waals surface area contributed by atoms with Gasteiger partial charge in [-0.1, -0.05) is 34.1 Å². The van der Waals surface area contributed by atoms with Crippen LogP contribution in [0, 0.1) is 5.82 Å². The van der Waals surface area contributed by atoms with Gasteiger partial charge in [0.2, 0.25) is 0 Å². The molecule has 44 heavy (non-hydrogen) atoms. The van der Waals surface area contributed by atoms with E-state index >= 15 is 0 Å². The number of amides is 2. The summed E-state index contributed by atoms with van der Waals surface area (Å²) in [7, 11) is 5.24. The van der Waals surface area contributed by atoms with Crippen molar-refractivity contribution in [1.82, 2.24) is 10.7 Å².